The van der Waals surface area contributed by atoms with E-state index in [0.717, 1.165) is 19.3 Å². The molecule has 0 spiro atoms. The van der Waals surface area contributed by atoms with Crippen molar-refractivity contribution in [3.63, 3.8) is 0 Å². The van der Waals surface area contributed by atoms with Crippen LogP contribution in [0.15, 0.2) is 12.2 Å². The van der Waals surface area contributed by atoms with Crippen molar-refractivity contribution in [2.45, 2.75) is 95.8 Å². The average molecular weight is 444 g/mol. The molecule has 0 unspecified atom stereocenters. The molecular formula is C23H41NO5S. The molecule has 30 heavy (non-hydrogen) atoms. The van der Waals surface area contributed by atoms with Crippen LogP contribution in [-0.2, 0) is 24.3 Å². The van der Waals surface area contributed by atoms with Crippen molar-refractivity contribution in [1.29, 1.82) is 0 Å². The molecule has 0 aromatic carbocycles. The molecule has 2 rings (SSSR count). The van der Waals surface area contributed by atoms with E-state index in [2.05, 4.69) is 19.1 Å². The van der Waals surface area contributed by atoms with Gasteiger partial charge in [0.05, 0.1) is 0 Å². The summed E-state index contributed by atoms with van der Waals surface area (Å²) in [4.78, 5) is 13.0. The Morgan fingerprint density at radius 3 is 2.33 bits per heavy atom. The van der Waals surface area contributed by atoms with Gasteiger partial charge in [0.2, 0.25) is 10.0 Å². The summed E-state index contributed by atoms with van der Waals surface area (Å²) < 4.78 is 38.2. The van der Waals surface area contributed by atoms with Crippen LogP contribution in [0.25, 0.3) is 0 Å². The number of nitrogens with zero attached hydrogens (tertiary/aromatic N) is 1. The molecule has 2 aliphatic heterocycles. The van der Waals surface area contributed by atoms with Crippen molar-refractivity contribution in [2.24, 2.45) is 5.92 Å². The second-order valence-electron chi connectivity index (χ2n) is 9.63. The van der Waals surface area contributed by atoms with Crippen LogP contribution in [0.3, 0.4) is 0 Å². The van der Waals surface area contributed by atoms with Gasteiger partial charge in [0.1, 0.15) is 5.60 Å². The molecule has 0 atom stereocenters. The van der Waals surface area contributed by atoms with Gasteiger partial charge in [-0.2, -0.15) is 0 Å². The molecule has 2 heterocycles. The second-order valence-corrected chi connectivity index (χ2v) is 11.9. The van der Waals surface area contributed by atoms with Crippen LogP contribution in [0, 0.1) is 5.92 Å². The number of rotatable bonds is 9. The van der Waals surface area contributed by atoms with Gasteiger partial charge in [0.25, 0.3) is 0 Å². The predicted molar refractivity (Wildman–Crippen MR) is 120 cm³/mol. The Kier molecular flexibility index (Phi) is 9.37. The van der Waals surface area contributed by atoms with E-state index in [0.29, 0.717) is 19.0 Å². The number of hydrogen-bond acceptors (Lipinski definition) is 5. The van der Waals surface area contributed by atoms with Gasteiger partial charge in [0.15, 0.2) is 4.75 Å². The highest BCUT2D eigenvalue weighted by Crippen LogP contribution is 2.37. The van der Waals surface area contributed by atoms with Crippen LogP contribution in [0.4, 0.5) is 0 Å². The smallest absolute Gasteiger partial charge is 0.329 e. The molecule has 2 saturated heterocycles. The molecule has 6 nitrogen and oxygen atoms in total. The van der Waals surface area contributed by atoms with Crippen molar-refractivity contribution in [3.05, 3.63) is 12.2 Å². The summed E-state index contributed by atoms with van der Waals surface area (Å²) in [6.07, 6.45) is 12.5. The van der Waals surface area contributed by atoms with Gasteiger partial charge in [-0.15, -0.1) is 0 Å². The third-order valence-electron chi connectivity index (χ3n) is 6.04. The lowest BCUT2D eigenvalue weighted by Crippen LogP contribution is -2.58. The van der Waals surface area contributed by atoms with E-state index >= 15 is 0 Å². The summed E-state index contributed by atoms with van der Waals surface area (Å²) in [6, 6.07) is 0. The summed E-state index contributed by atoms with van der Waals surface area (Å²) >= 11 is 0. The molecule has 0 aromatic rings. The Balaban J connectivity index is 2.01. The molecule has 2 fully saturated rings. The third-order valence-corrected chi connectivity index (χ3v) is 8.64. The maximum atomic E-state index is 13.6. The van der Waals surface area contributed by atoms with Gasteiger partial charge in [0, 0.05) is 39.1 Å². The molecule has 2 aliphatic rings. The molecular weight excluding hydrogens is 402 g/mol. The lowest BCUT2D eigenvalue weighted by molar-refractivity contribution is -0.161. The van der Waals surface area contributed by atoms with Crippen molar-refractivity contribution in [3.8, 4) is 0 Å². The number of piperidine rings is 1. The second kappa shape index (κ2) is 11.1. The standard InChI is InChI=1S/C23H41NO5S/c1-5-6-7-8-9-10-11-20-12-16-24(17-13-20)30(26,27)23(14-18-28-19-15-23)21(25)29-22(2,3)4/h10-11,20H,5-9,12-19H2,1-4H3/b11-10+. The first-order valence-electron chi connectivity index (χ1n) is 11.6. The van der Waals surface area contributed by atoms with Crippen LogP contribution in [0.5, 0.6) is 0 Å². The first-order chi connectivity index (χ1) is 14.1. The monoisotopic (exact) mass is 443 g/mol. The molecule has 0 radical (unpaired) electrons. The van der Waals surface area contributed by atoms with Crippen LogP contribution < -0.4 is 0 Å². The number of carbonyl (C=O) groups is 1. The molecule has 0 N–H and O–H groups in total. The molecule has 0 aromatic heterocycles. The lowest BCUT2D eigenvalue weighted by Gasteiger charge is -2.41. The van der Waals surface area contributed by atoms with E-state index in [1.807, 2.05) is 0 Å². The Hall–Kier alpha value is -0.920. The summed E-state index contributed by atoms with van der Waals surface area (Å²) in [5.74, 6) is -0.220. The maximum absolute atomic E-state index is 13.6. The van der Waals surface area contributed by atoms with Gasteiger partial charge >= 0.3 is 5.97 Å². The number of hydrogen-bond donors (Lipinski definition) is 0. The molecule has 174 valence electrons. The fourth-order valence-electron chi connectivity index (χ4n) is 4.17. The Morgan fingerprint density at radius 2 is 1.77 bits per heavy atom. The average Bonchev–Trinajstić information content (AvgIpc) is 2.70. The SMILES string of the molecule is CCCCCC/C=C/C1CCN(S(=O)(=O)C2(C(=O)OC(C)(C)C)CCOCC2)CC1. The molecule has 0 saturated carbocycles. The zero-order valence-corrected chi connectivity index (χ0v) is 20.1. The number of unbranched alkanes of at least 4 members (excludes halogenated alkanes) is 4. The van der Waals surface area contributed by atoms with E-state index in [4.69, 9.17) is 9.47 Å². The lowest BCUT2D eigenvalue weighted by atomic mass is 9.97. The molecule has 0 aliphatic carbocycles. The predicted octanol–water partition coefficient (Wildman–Crippen LogP) is 4.45. The summed E-state index contributed by atoms with van der Waals surface area (Å²) in [7, 11) is -3.82. The van der Waals surface area contributed by atoms with E-state index in [-0.39, 0.29) is 26.1 Å². The van der Waals surface area contributed by atoms with Crippen molar-refractivity contribution in [1.82, 2.24) is 4.31 Å². The highest BCUT2D eigenvalue weighted by atomic mass is 32.2. The fourth-order valence-corrected chi connectivity index (χ4v) is 6.29. The quantitative estimate of drug-likeness (QED) is 0.299. The summed E-state index contributed by atoms with van der Waals surface area (Å²) in [5, 5.41) is 0. The van der Waals surface area contributed by atoms with E-state index in [9.17, 15) is 13.2 Å². The third kappa shape index (κ3) is 6.54. The van der Waals surface area contributed by atoms with E-state index in [1.165, 1.54) is 30.0 Å². The van der Waals surface area contributed by atoms with E-state index in [1.54, 1.807) is 20.8 Å². The van der Waals surface area contributed by atoms with Crippen LogP contribution in [0.2, 0.25) is 0 Å². The van der Waals surface area contributed by atoms with Gasteiger partial charge in [-0.1, -0.05) is 38.3 Å². The Labute approximate surface area is 183 Å². The van der Waals surface area contributed by atoms with Crippen molar-refractivity contribution >= 4 is 16.0 Å². The molecule has 0 amide bonds. The normalized spacial score (nSPS) is 21.7. The van der Waals surface area contributed by atoms with Gasteiger partial charge < -0.3 is 9.47 Å². The van der Waals surface area contributed by atoms with Crippen molar-refractivity contribution < 1.29 is 22.7 Å². The van der Waals surface area contributed by atoms with Crippen LogP contribution in [-0.4, -0.2) is 55.3 Å². The first kappa shape index (κ1) is 25.3. The Morgan fingerprint density at radius 1 is 1.13 bits per heavy atom. The number of esters is 1. The number of allylic oxidation sites excluding steroid dienone is 2. The summed E-state index contributed by atoms with van der Waals surface area (Å²) in [6.45, 7) is 8.95. The zero-order valence-electron chi connectivity index (χ0n) is 19.3. The van der Waals surface area contributed by atoms with Gasteiger partial charge in [-0.3, -0.25) is 4.79 Å². The fraction of sp³-hybridized carbons (Fsp3) is 0.870. The highest BCUT2D eigenvalue weighted by Gasteiger charge is 2.56. The molecule has 0 bridgehead atoms. The minimum absolute atomic E-state index is 0.155. The highest BCUT2D eigenvalue weighted by molar-refractivity contribution is 7.91. The summed E-state index contributed by atoms with van der Waals surface area (Å²) in [5.41, 5.74) is -0.729. The number of ether oxygens (including phenoxy) is 2. The van der Waals surface area contributed by atoms with Crippen LogP contribution in [0.1, 0.15) is 85.5 Å². The minimum Gasteiger partial charge on any atom is -0.459 e. The maximum Gasteiger partial charge on any atom is 0.329 e. The first-order valence-corrected chi connectivity index (χ1v) is 13.0. The van der Waals surface area contributed by atoms with Gasteiger partial charge in [-0.05, 0) is 52.4 Å². The largest absolute Gasteiger partial charge is 0.459 e. The van der Waals surface area contributed by atoms with E-state index < -0.39 is 26.3 Å². The number of sulfonamides is 1. The van der Waals surface area contributed by atoms with Gasteiger partial charge in [-0.25, -0.2) is 12.7 Å². The van der Waals surface area contributed by atoms with Crippen molar-refractivity contribution in [2.75, 3.05) is 26.3 Å². The topological polar surface area (TPSA) is 72.9 Å². The molecule has 7 heteroatoms. The minimum atomic E-state index is -3.82. The number of carbonyl (C=O) groups excluding carboxylic acids is 1. The zero-order chi connectivity index (χ0) is 22.3. The Bertz CT molecular complexity index is 666. The van der Waals surface area contributed by atoms with Crippen LogP contribution >= 0.6 is 0 Å².